The maximum atomic E-state index is 12.4. The van der Waals surface area contributed by atoms with Crippen molar-refractivity contribution >= 4 is 55.9 Å². The number of nitrogens with zero attached hydrogens (tertiary/aromatic N) is 1. The van der Waals surface area contributed by atoms with Crippen LogP contribution in [0.25, 0.3) is 0 Å². The molecule has 1 aromatic heterocycles. The van der Waals surface area contributed by atoms with Gasteiger partial charge in [0.15, 0.2) is 15.7 Å². The lowest BCUT2D eigenvalue weighted by molar-refractivity contribution is 0.417. The van der Waals surface area contributed by atoms with Crippen LogP contribution in [0, 0.1) is 0 Å². The van der Waals surface area contributed by atoms with Gasteiger partial charge >= 0.3 is 0 Å². The van der Waals surface area contributed by atoms with Crippen LogP contribution in [0.15, 0.2) is 59.6 Å². The number of benzene rings is 2. The number of rotatable bonds is 7. The summed E-state index contributed by atoms with van der Waals surface area (Å²) in [6.45, 7) is 1.59. The minimum absolute atomic E-state index is 0.0237. The van der Waals surface area contributed by atoms with Gasteiger partial charge in [-0.3, -0.25) is 0 Å². The highest BCUT2D eigenvalue weighted by Gasteiger charge is 2.19. The van der Waals surface area contributed by atoms with E-state index in [2.05, 4.69) is 15.6 Å². The molecule has 9 heteroatoms. The lowest BCUT2D eigenvalue weighted by Crippen LogP contribution is -2.08. The first kappa shape index (κ1) is 21.2. The molecule has 3 rings (SSSR count). The van der Waals surface area contributed by atoms with Crippen LogP contribution in [0.5, 0.6) is 5.75 Å². The van der Waals surface area contributed by atoms with Crippen molar-refractivity contribution in [2.45, 2.75) is 11.8 Å². The number of anilines is 4. The van der Waals surface area contributed by atoms with Crippen molar-refractivity contribution in [1.29, 1.82) is 0 Å². The van der Waals surface area contributed by atoms with Crippen molar-refractivity contribution in [2.75, 3.05) is 23.5 Å². The van der Waals surface area contributed by atoms with Gasteiger partial charge in [0.05, 0.1) is 46.0 Å². The molecular weight excluding hydrogens is 433 g/mol. The molecule has 1 heterocycles. The van der Waals surface area contributed by atoms with E-state index in [4.69, 9.17) is 27.9 Å². The van der Waals surface area contributed by atoms with Crippen molar-refractivity contribution in [3.8, 4) is 5.75 Å². The number of pyridine rings is 1. The Bertz CT molecular complexity index is 1140. The fraction of sp³-hybridized carbons (Fsp3) is 0.150. The lowest BCUT2D eigenvalue weighted by atomic mass is 10.2. The van der Waals surface area contributed by atoms with Crippen molar-refractivity contribution in [3.63, 3.8) is 0 Å². The molecule has 0 radical (unpaired) electrons. The minimum Gasteiger partial charge on any atom is -0.495 e. The molecule has 0 saturated heterocycles. The summed E-state index contributed by atoms with van der Waals surface area (Å²) in [6.07, 6.45) is 1.43. The third-order valence-electron chi connectivity index (χ3n) is 4.20. The van der Waals surface area contributed by atoms with Crippen LogP contribution in [-0.4, -0.2) is 26.3 Å². The first-order chi connectivity index (χ1) is 13.9. The lowest BCUT2D eigenvalue weighted by Gasteiger charge is -2.17. The summed E-state index contributed by atoms with van der Waals surface area (Å²) in [7, 11) is -1.87. The standard InChI is InChI=1S/C20H19Cl2N3O3S/c1-3-29(26,27)17-11-7-5-9-15(17)24-19-13(21)12-23-20(18(19)22)25-14-8-4-6-10-16(14)28-2/h4-12H,3H2,1-2H3,(H2,23,24,25). The topological polar surface area (TPSA) is 80.3 Å². The zero-order valence-electron chi connectivity index (χ0n) is 15.7. The molecule has 0 saturated carbocycles. The van der Waals surface area contributed by atoms with Crippen molar-refractivity contribution in [2.24, 2.45) is 0 Å². The second-order valence-electron chi connectivity index (χ2n) is 5.99. The van der Waals surface area contributed by atoms with E-state index < -0.39 is 9.84 Å². The molecule has 2 aromatic carbocycles. The molecule has 6 nitrogen and oxygen atoms in total. The number of methoxy groups -OCH3 is 1. The van der Waals surface area contributed by atoms with E-state index in [0.717, 1.165) is 0 Å². The van der Waals surface area contributed by atoms with Gasteiger partial charge in [0.2, 0.25) is 0 Å². The summed E-state index contributed by atoms with van der Waals surface area (Å²) in [5.74, 6) is 0.942. The average Bonchev–Trinajstić information content (AvgIpc) is 2.73. The third-order valence-corrected chi connectivity index (χ3v) is 6.64. The summed E-state index contributed by atoms with van der Waals surface area (Å²) in [5.41, 5.74) is 1.40. The maximum absolute atomic E-state index is 12.4. The molecule has 2 N–H and O–H groups in total. The number of halogens is 2. The number of sulfone groups is 1. The summed E-state index contributed by atoms with van der Waals surface area (Å²) >= 11 is 12.8. The highest BCUT2D eigenvalue weighted by atomic mass is 35.5. The molecule has 0 aliphatic rings. The van der Waals surface area contributed by atoms with Gasteiger partial charge in [0, 0.05) is 0 Å². The first-order valence-corrected chi connectivity index (χ1v) is 11.1. The molecule has 0 aliphatic carbocycles. The summed E-state index contributed by atoms with van der Waals surface area (Å²) in [6, 6.07) is 13.9. The van der Waals surface area contributed by atoms with E-state index in [0.29, 0.717) is 28.6 Å². The maximum Gasteiger partial charge on any atom is 0.180 e. The normalized spacial score (nSPS) is 11.2. The van der Waals surface area contributed by atoms with Gasteiger partial charge in [0.25, 0.3) is 0 Å². The van der Waals surface area contributed by atoms with Crippen LogP contribution >= 0.6 is 23.2 Å². The first-order valence-electron chi connectivity index (χ1n) is 8.70. The molecular formula is C20H19Cl2N3O3S. The second-order valence-corrected chi connectivity index (χ2v) is 9.03. The number of hydrogen-bond donors (Lipinski definition) is 2. The zero-order valence-corrected chi connectivity index (χ0v) is 18.1. The Morgan fingerprint density at radius 2 is 1.66 bits per heavy atom. The Morgan fingerprint density at radius 3 is 2.34 bits per heavy atom. The smallest absolute Gasteiger partial charge is 0.180 e. The average molecular weight is 452 g/mol. The van der Waals surface area contributed by atoms with E-state index in [9.17, 15) is 8.42 Å². The Hall–Kier alpha value is -2.48. The van der Waals surface area contributed by atoms with Gasteiger partial charge in [-0.2, -0.15) is 0 Å². The van der Waals surface area contributed by atoms with E-state index in [-0.39, 0.29) is 20.7 Å². The Morgan fingerprint density at radius 1 is 1.00 bits per heavy atom. The van der Waals surface area contributed by atoms with Gasteiger partial charge < -0.3 is 15.4 Å². The van der Waals surface area contributed by atoms with Gasteiger partial charge in [-0.05, 0) is 24.3 Å². The molecule has 0 unspecified atom stereocenters. The van der Waals surface area contributed by atoms with Gasteiger partial charge in [-0.15, -0.1) is 0 Å². The van der Waals surface area contributed by atoms with E-state index in [1.54, 1.807) is 38.3 Å². The third kappa shape index (κ3) is 4.58. The number of para-hydroxylation sites is 3. The van der Waals surface area contributed by atoms with Crippen molar-refractivity contribution in [3.05, 3.63) is 64.8 Å². The largest absolute Gasteiger partial charge is 0.495 e. The van der Waals surface area contributed by atoms with Crippen LogP contribution in [0.4, 0.5) is 22.9 Å². The van der Waals surface area contributed by atoms with Gasteiger partial charge in [0.1, 0.15) is 10.8 Å². The minimum atomic E-state index is -3.44. The van der Waals surface area contributed by atoms with Gasteiger partial charge in [-0.1, -0.05) is 54.4 Å². The van der Waals surface area contributed by atoms with Crippen LogP contribution in [0.3, 0.4) is 0 Å². The summed E-state index contributed by atoms with van der Waals surface area (Å²) < 4.78 is 30.2. The molecule has 0 spiro atoms. The van der Waals surface area contributed by atoms with E-state index in [1.165, 1.54) is 12.3 Å². The fourth-order valence-electron chi connectivity index (χ4n) is 2.67. The van der Waals surface area contributed by atoms with E-state index in [1.807, 2.05) is 18.2 Å². The number of nitrogens with one attached hydrogen (secondary N) is 2. The molecule has 0 atom stereocenters. The van der Waals surface area contributed by atoms with Gasteiger partial charge in [-0.25, -0.2) is 13.4 Å². The van der Waals surface area contributed by atoms with Crippen molar-refractivity contribution < 1.29 is 13.2 Å². The monoisotopic (exact) mass is 451 g/mol. The predicted molar refractivity (Wildman–Crippen MR) is 118 cm³/mol. The highest BCUT2D eigenvalue weighted by Crippen LogP contribution is 2.39. The molecule has 3 aromatic rings. The van der Waals surface area contributed by atoms with E-state index >= 15 is 0 Å². The number of hydrogen-bond acceptors (Lipinski definition) is 6. The highest BCUT2D eigenvalue weighted by molar-refractivity contribution is 7.91. The quantitative estimate of drug-likeness (QED) is 0.480. The summed E-state index contributed by atoms with van der Waals surface area (Å²) in [4.78, 5) is 4.42. The fourth-order valence-corrected chi connectivity index (χ4v) is 4.21. The molecule has 152 valence electrons. The Kier molecular flexibility index (Phi) is 6.52. The molecule has 0 bridgehead atoms. The SMILES string of the molecule is CCS(=O)(=O)c1ccccc1Nc1c(Cl)cnc(Nc2ccccc2OC)c1Cl. The van der Waals surface area contributed by atoms with Crippen molar-refractivity contribution in [1.82, 2.24) is 4.98 Å². The summed E-state index contributed by atoms with van der Waals surface area (Å²) in [5, 5.41) is 6.64. The molecule has 0 aliphatic heterocycles. The van der Waals surface area contributed by atoms with Crippen LogP contribution in [-0.2, 0) is 9.84 Å². The number of aromatic nitrogens is 1. The Labute approximate surface area is 179 Å². The second kappa shape index (κ2) is 8.90. The molecule has 0 amide bonds. The molecule has 0 fully saturated rings. The zero-order chi connectivity index (χ0) is 21.0. The molecule has 29 heavy (non-hydrogen) atoms. The Balaban J connectivity index is 2.02. The van der Waals surface area contributed by atoms with Crippen LogP contribution in [0.1, 0.15) is 6.92 Å². The van der Waals surface area contributed by atoms with Crippen LogP contribution in [0.2, 0.25) is 10.0 Å². The predicted octanol–water partition coefficient (Wildman–Crippen LogP) is 5.68. The number of ether oxygens (including phenoxy) is 1. The van der Waals surface area contributed by atoms with Crippen LogP contribution < -0.4 is 15.4 Å².